The molecule has 0 heterocycles. The lowest BCUT2D eigenvalue weighted by Crippen LogP contribution is -2.40. The Morgan fingerprint density at radius 3 is 2.09 bits per heavy atom. The van der Waals surface area contributed by atoms with Gasteiger partial charge in [-0.3, -0.25) is 10.1 Å². The molecule has 0 saturated carbocycles. The molecule has 0 saturated heterocycles. The highest BCUT2D eigenvalue weighted by atomic mass is 16.6. The molecule has 0 aliphatic heterocycles. The van der Waals surface area contributed by atoms with Crippen molar-refractivity contribution in [2.75, 3.05) is 7.05 Å². The summed E-state index contributed by atoms with van der Waals surface area (Å²) >= 11 is 0. The van der Waals surface area contributed by atoms with Crippen LogP contribution in [0.2, 0.25) is 0 Å². The van der Waals surface area contributed by atoms with E-state index in [1.807, 2.05) is 48.5 Å². The fourth-order valence-corrected chi connectivity index (χ4v) is 3.18. The van der Waals surface area contributed by atoms with Crippen LogP contribution in [0.25, 0.3) is 0 Å². The van der Waals surface area contributed by atoms with Gasteiger partial charge in [0.1, 0.15) is 12.7 Å². The molecule has 0 aromatic heterocycles. The van der Waals surface area contributed by atoms with E-state index in [2.05, 4.69) is 0 Å². The van der Waals surface area contributed by atoms with E-state index in [0.717, 1.165) is 5.56 Å². The van der Waals surface area contributed by atoms with Crippen molar-refractivity contribution in [1.29, 1.82) is 0 Å². The standard InChI is InChI=1S/C25H24N2O6/c1-18(26(2)25(29)32-17-19-9-5-3-6-10-19)23(20-11-7-4-8-12-20)33-24(28)21-13-15-22(16-14-21)27(30)31/h3-16,18,23H,17H2,1-2H3/t18-,23-/m0/s1. The summed E-state index contributed by atoms with van der Waals surface area (Å²) in [5.74, 6) is -0.656. The van der Waals surface area contributed by atoms with E-state index in [9.17, 15) is 19.7 Å². The summed E-state index contributed by atoms with van der Waals surface area (Å²) < 4.78 is 11.2. The van der Waals surface area contributed by atoms with E-state index in [1.165, 1.54) is 29.2 Å². The topological polar surface area (TPSA) is 99.0 Å². The highest BCUT2D eigenvalue weighted by Crippen LogP contribution is 2.27. The van der Waals surface area contributed by atoms with Gasteiger partial charge < -0.3 is 14.4 Å². The van der Waals surface area contributed by atoms with Crippen molar-refractivity contribution in [2.24, 2.45) is 0 Å². The zero-order valence-corrected chi connectivity index (χ0v) is 18.3. The van der Waals surface area contributed by atoms with E-state index < -0.39 is 29.1 Å². The van der Waals surface area contributed by atoms with Gasteiger partial charge in [0.25, 0.3) is 5.69 Å². The molecule has 8 nitrogen and oxygen atoms in total. The molecule has 0 bridgehead atoms. The van der Waals surface area contributed by atoms with Crippen LogP contribution in [0.4, 0.5) is 10.5 Å². The summed E-state index contributed by atoms with van der Waals surface area (Å²) in [6, 6.07) is 23.0. The number of nitro benzene ring substituents is 1. The summed E-state index contributed by atoms with van der Waals surface area (Å²) in [6.07, 6.45) is -1.35. The Bertz CT molecular complexity index is 1090. The highest BCUT2D eigenvalue weighted by molar-refractivity contribution is 5.89. The predicted octanol–water partition coefficient (Wildman–Crippen LogP) is 5.15. The van der Waals surface area contributed by atoms with Crippen molar-refractivity contribution in [3.05, 3.63) is 112 Å². The number of carbonyl (C=O) groups excluding carboxylic acids is 2. The average molecular weight is 448 g/mol. The van der Waals surface area contributed by atoms with Crippen LogP contribution >= 0.6 is 0 Å². The molecule has 0 radical (unpaired) electrons. The largest absolute Gasteiger partial charge is 0.452 e. The number of esters is 1. The minimum Gasteiger partial charge on any atom is -0.452 e. The molecule has 0 N–H and O–H groups in total. The Kier molecular flexibility index (Phi) is 7.75. The van der Waals surface area contributed by atoms with E-state index in [-0.39, 0.29) is 17.9 Å². The van der Waals surface area contributed by atoms with Crippen LogP contribution in [0.5, 0.6) is 0 Å². The molecule has 3 aromatic rings. The quantitative estimate of drug-likeness (QED) is 0.268. The molecule has 8 heteroatoms. The van der Waals surface area contributed by atoms with Gasteiger partial charge in [-0.25, -0.2) is 9.59 Å². The van der Waals surface area contributed by atoms with Gasteiger partial charge >= 0.3 is 12.1 Å². The number of amides is 1. The highest BCUT2D eigenvalue weighted by Gasteiger charge is 2.30. The van der Waals surface area contributed by atoms with Crippen LogP contribution in [0.3, 0.4) is 0 Å². The lowest BCUT2D eigenvalue weighted by molar-refractivity contribution is -0.384. The number of non-ortho nitro benzene ring substituents is 1. The number of likely N-dealkylation sites (N-methyl/N-ethyl adjacent to an activating group) is 1. The maximum Gasteiger partial charge on any atom is 0.410 e. The summed E-state index contributed by atoms with van der Waals surface area (Å²) in [5.41, 5.74) is 1.60. The maximum absolute atomic E-state index is 12.8. The number of nitro groups is 1. The second kappa shape index (κ2) is 10.9. The SMILES string of the molecule is C[C@@H]([C@H](OC(=O)c1ccc([N+](=O)[O-])cc1)c1ccccc1)N(C)C(=O)OCc1ccccc1. The van der Waals surface area contributed by atoms with Crippen LogP contribution in [0.15, 0.2) is 84.9 Å². The maximum atomic E-state index is 12.8. The Morgan fingerprint density at radius 1 is 0.939 bits per heavy atom. The van der Waals surface area contributed by atoms with Crippen LogP contribution in [0, 0.1) is 10.1 Å². The van der Waals surface area contributed by atoms with Gasteiger partial charge in [-0.05, 0) is 30.2 Å². The van der Waals surface area contributed by atoms with Crippen LogP contribution in [-0.2, 0) is 16.1 Å². The number of hydrogen-bond acceptors (Lipinski definition) is 6. The van der Waals surface area contributed by atoms with Crippen LogP contribution in [0.1, 0.15) is 34.5 Å². The van der Waals surface area contributed by atoms with Crippen molar-refractivity contribution in [2.45, 2.75) is 25.7 Å². The van der Waals surface area contributed by atoms with Crippen molar-refractivity contribution >= 4 is 17.7 Å². The third kappa shape index (κ3) is 6.16. The minimum atomic E-state index is -0.789. The fourth-order valence-electron chi connectivity index (χ4n) is 3.18. The van der Waals surface area contributed by atoms with Gasteiger partial charge in [-0.2, -0.15) is 0 Å². The number of ether oxygens (including phenoxy) is 2. The van der Waals surface area contributed by atoms with E-state index >= 15 is 0 Å². The molecular weight excluding hydrogens is 424 g/mol. The first-order valence-corrected chi connectivity index (χ1v) is 10.3. The molecule has 0 spiro atoms. The van der Waals surface area contributed by atoms with E-state index in [4.69, 9.17) is 9.47 Å². The van der Waals surface area contributed by atoms with Gasteiger partial charge in [0, 0.05) is 19.2 Å². The van der Waals surface area contributed by atoms with Crippen LogP contribution < -0.4 is 0 Å². The number of benzene rings is 3. The third-order valence-corrected chi connectivity index (χ3v) is 5.22. The Hall–Kier alpha value is -4.20. The third-order valence-electron chi connectivity index (χ3n) is 5.22. The molecule has 3 aromatic carbocycles. The van der Waals surface area contributed by atoms with Gasteiger partial charge in [0.05, 0.1) is 16.5 Å². The molecule has 0 fully saturated rings. The molecule has 3 rings (SSSR count). The normalized spacial score (nSPS) is 12.3. The van der Waals surface area contributed by atoms with Crippen molar-refractivity contribution in [3.63, 3.8) is 0 Å². The first kappa shape index (κ1) is 23.5. The molecule has 0 unspecified atom stereocenters. The minimum absolute atomic E-state index is 0.120. The Morgan fingerprint density at radius 2 is 1.52 bits per heavy atom. The van der Waals surface area contributed by atoms with E-state index in [0.29, 0.717) is 5.56 Å². The van der Waals surface area contributed by atoms with Gasteiger partial charge in [-0.15, -0.1) is 0 Å². The smallest absolute Gasteiger partial charge is 0.410 e. The summed E-state index contributed by atoms with van der Waals surface area (Å²) in [4.78, 5) is 37.1. The predicted molar refractivity (Wildman–Crippen MR) is 122 cm³/mol. The second-order valence-electron chi connectivity index (χ2n) is 7.43. The zero-order valence-electron chi connectivity index (χ0n) is 18.3. The first-order chi connectivity index (χ1) is 15.9. The lowest BCUT2D eigenvalue weighted by atomic mass is 10.0. The van der Waals surface area contributed by atoms with Crippen LogP contribution in [-0.4, -0.2) is 35.0 Å². The number of carbonyl (C=O) groups is 2. The molecular formula is C25H24N2O6. The Balaban J connectivity index is 1.74. The number of nitrogens with zero attached hydrogens (tertiary/aromatic N) is 2. The molecule has 33 heavy (non-hydrogen) atoms. The van der Waals surface area contributed by atoms with Crippen molar-refractivity contribution in [3.8, 4) is 0 Å². The summed E-state index contributed by atoms with van der Waals surface area (Å²) in [5, 5.41) is 10.9. The van der Waals surface area contributed by atoms with Crippen molar-refractivity contribution in [1.82, 2.24) is 4.90 Å². The number of rotatable bonds is 8. The summed E-state index contributed by atoms with van der Waals surface area (Å²) in [7, 11) is 1.58. The lowest BCUT2D eigenvalue weighted by Gasteiger charge is -2.31. The van der Waals surface area contributed by atoms with Gasteiger partial charge in [-0.1, -0.05) is 60.7 Å². The first-order valence-electron chi connectivity index (χ1n) is 10.3. The summed E-state index contributed by atoms with van der Waals surface area (Å²) in [6.45, 7) is 1.87. The van der Waals surface area contributed by atoms with E-state index in [1.54, 1.807) is 26.1 Å². The second-order valence-corrected chi connectivity index (χ2v) is 7.43. The Labute approximate surface area is 191 Å². The molecule has 0 aliphatic carbocycles. The zero-order chi connectivity index (χ0) is 23.8. The average Bonchev–Trinajstić information content (AvgIpc) is 2.86. The number of hydrogen-bond donors (Lipinski definition) is 0. The van der Waals surface area contributed by atoms with Crippen molar-refractivity contribution < 1.29 is 24.0 Å². The van der Waals surface area contributed by atoms with Gasteiger partial charge in [0.2, 0.25) is 0 Å². The molecule has 170 valence electrons. The monoisotopic (exact) mass is 448 g/mol. The molecule has 2 atom stereocenters. The molecule has 1 amide bonds. The fraction of sp³-hybridized carbons (Fsp3) is 0.200. The van der Waals surface area contributed by atoms with Gasteiger partial charge in [0.15, 0.2) is 0 Å². The molecule has 0 aliphatic rings.